The lowest BCUT2D eigenvalue weighted by molar-refractivity contribution is -0.123. The lowest BCUT2D eigenvalue weighted by Gasteiger charge is -2.13. The number of hydrogen-bond donors (Lipinski definition) is 2. The third-order valence-corrected chi connectivity index (χ3v) is 6.29. The van der Waals surface area contributed by atoms with Gasteiger partial charge in [0, 0.05) is 18.0 Å². The molecule has 0 aliphatic heterocycles. The van der Waals surface area contributed by atoms with Crippen molar-refractivity contribution in [2.24, 2.45) is 0 Å². The number of amides is 2. The zero-order valence-corrected chi connectivity index (χ0v) is 20.7. The number of aromatic nitrogens is 2. The minimum Gasteiger partial charge on any atom is -0.493 e. The molecule has 0 bridgehead atoms. The monoisotopic (exact) mass is 494 g/mol. The van der Waals surface area contributed by atoms with Gasteiger partial charge in [-0.3, -0.25) is 9.59 Å². The maximum Gasteiger partial charge on any atom is 0.259 e. The predicted molar refractivity (Wildman–Crippen MR) is 133 cm³/mol. The molecule has 2 N–H and O–H groups in total. The van der Waals surface area contributed by atoms with E-state index in [4.69, 9.17) is 14.0 Å². The molecule has 4 rings (SSSR count). The first kappa shape index (κ1) is 24.2. The first-order valence-corrected chi connectivity index (χ1v) is 11.9. The number of carbonyl (C=O) groups excluding carboxylic acids is 2. The summed E-state index contributed by atoms with van der Waals surface area (Å²) in [5.74, 6) is 0.433. The van der Waals surface area contributed by atoms with Gasteiger partial charge in [0.15, 0.2) is 18.1 Å². The molecule has 9 nitrogen and oxygen atoms in total. The van der Waals surface area contributed by atoms with Crippen molar-refractivity contribution in [3.63, 3.8) is 0 Å². The Bertz CT molecular complexity index is 1380. The van der Waals surface area contributed by atoms with E-state index in [1.54, 1.807) is 36.5 Å². The lowest BCUT2D eigenvalue weighted by Crippen LogP contribution is -2.28. The highest BCUT2D eigenvalue weighted by atomic mass is 32.1. The summed E-state index contributed by atoms with van der Waals surface area (Å²) in [5.41, 5.74) is 2.84. The van der Waals surface area contributed by atoms with E-state index in [1.807, 2.05) is 32.0 Å². The van der Waals surface area contributed by atoms with Crippen LogP contribution in [-0.4, -0.2) is 42.2 Å². The standard InChI is InChI=1S/C25H26N4O5S/c1-5-26-22(30)13-33-19-8-7-16(10-20(19)32-4)12-27-24(31)17-11-18(21-9-6-14(2)35-21)28-25-23(17)15(3)29-34-25/h6-11H,5,12-13H2,1-4H3,(H,26,30)(H,27,31). The fourth-order valence-corrected chi connectivity index (χ4v) is 4.41. The average Bonchev–Trinajstić information content (AvgIpc) is 3.46. The van der Waals surface area contributed by atoms with E-state index in [-0.39, 0.29) is 25.0 Å². The number of likely N-dealkylation sites (N-methyl/N-ethyl adjacent to an activating group) is 1. The summed E-state index contributed by atoms with van der Waals surface area (Å²) in [6.45, 7) is 6.32. The predicted octanol–water partition coefficient (Wildman–Crippen LogP) is 4.02. The molecule has 1 aromatic carbocycles. The maximum atomic E-state index is 13.2. The van der Waals surface area contributed by atoms with E-state index in [1.165, 1.54) is 7.11 Å². The number of ether oxygens (including phenoxy) is 2. The summed E-state index contributed by atoms with van der Waals surface area (Å²) >= 11 is 1.59. The average molecular weight is 495 g/mol. The van der Waals surface area contributed by atoms with Crippen molar-refractivity contribution in [2.45, 2.75) is 27.3 Å². The highest BCUT2D eigenvalue weighted by Crippen LogP contribution is 2.31. The number of nitrogens with one attached hydrogen (secondary N) is 2. The molecule has 182 valence electrons. The van der Waals surface area contributed by atoms with Gasteiger partial charge in [0.25, 0.3) is 17.5 Å². The Hall–Kier alpha value is -3.92. The number of aryl methyl sites for hydroxylation is 2. The second kappa shape index (κ2) is 10.6. The van der Waals surface area contributed by atoms with Crippen LogP contribution in [0.25, 0.3) is 21.7 Å². The van der Waals surface area contributed by atoms with E-state index in [9.17, 15) is 9.59 Å². The van der Waals surface area contributed by atoms with Crippen LogP contribution in [0, 0.1) is 13.8 Å². The molecule has 35 heavy (non-hydrogen) atoms. The van der Waals surface area contributed by atoms with Gasteiger partial charge in [0.05, 0.1) is 34.3 Å². The number of pyridine rings is 1. The molecule has 0 saturated carbocycles. The first-order chi connectivity index (χ1) is 16.9. The van der Waals surface area contributed by atoms with Crippen LogP contribution in [0.1, 0.15) is 33.4 Å². The van der Waals surface area contributed by atoms with E-state index >= 15 is 0 Å². The molecule has 0 fully saturated rings. The van der Waals surface area contributed by atoms with Crippen molar-refractivity contribution in [2.75, 3.05) is 20.3 Å². The SMILES string of the molecule is CCNC(=O)COc1ccc(CNC(=O)c2cc(-c3ccc(C)s3)nc3onc(C)c23)cc1OC. The van der Waals surface area contributed by atoms with Crippen LogP contribution in [0.15, 0.2) is 40.9 Å². The summed E-state index contributed by atoms with van der Waals surface area (Å²) in [5, 5.41) is 10.2. The molecular weight excluding hydrogens is 468 g/mol. The molecule has 0 atom stereocenters. The Kier molecular flexibility index (Phi) is 7.31. The third kappa shape index (κ3) is 5.43. The van der Waals surface area contributed by atoms with Gasteiger partial charge in [-0.25, -0.2) is 4.98 Å². The zero-order chi connectivity index (χ0) is 24.9. The van der Waals surface area contributed by atoms with Crippen molar-refractivity contribution in [3.8, 4) is 22.1 Å². The van der Waals surface area contributed by atoms with Crippen molar-refractivity contribution in [3.05, 3.63) is 58.1 Å². The smallest absolute Gasteiger partial charge is 0.259 e. The molecular formula is C25H26N4O5S. The first-order valence-electron chi connectivity index (χ1n) is 11.1. The van der Waals surface area contributed by atoms with Crippen LogP contribution in [-0.2, 0) is 11.3 Å². The van der Waals surface area contributed by atoms with Crippen molar-refractivity contribution in [1.29, 1.82) is 0 Å². The Morgan fingerprint density at radius 3 is 2.63 bits per heavy atom. The quantitative estimate of drug-likeness (QED) is 0.361. The maximum absolute atomic E-state index is 13.2. The van der Waals surface area contributed by atoms with Gasteiger partial charge in [0.1, 0.15) is 0 Å². The molecule has 0 aliphatic carbocycles. The van der Waals surface area contributed by atoms with Gasteiger partial charge in [-0.2, -0.15) is 0 Å². The fraction of sp³-hybridized carbons (Fsp3) is 0.280. The molecule has 2 amide bonds. The van der Waals surface area contributed by atoms with E-state index < -0.39 is 0 Å². The molecule has 0 radical (unpaired) electrons. The highest BCUT2D eigenvalue weighted by molar-refractivity contribution is 7.15. The highest BCUT2D eigenvalue weighted by Gasteiger charge is 2.20. The minimum atomic E-state index is -0.270. The van der Waals surface area contributed by atoms with Gasteiger partial charge in [-0.1, -0.05) is 11.2 Å². The molecule has 0 unspecified atom stereocenters. The van der Waals surface area contributed by atoms with Gasteiger partial charge in [0.2, 0.25) is 0 Å². The number of carbonyl (C=O) groups is 2. The Balaban J connectivity index is 1.53. The molecule has 3 aromatic heterocycles. The van der Waals surface area contributed by atoms with Crippen molar-refractivity contribution in [1.82, 2.24) is 20.8 Å². The second-order valence-electron chi connectivity index (χ2n) is 7.82. The largest absolute Gasteiger partial charge is 0.493 e. The summed E-state index contributed by atoms with van der Waals surface area (Å²) in [4.78, 5) is 31.5. The summed E-state index contributed by atoms with van der Waals surface area (Å²) in [6.07, 6.45) is 0. The van der Waals surface area contributed by atoms with Gasteiger partial charge < -0.3 is 24.6 Å². The topological polar surface area (TPSA) is 116 Å². The van der Waals surface area contributed by atoms with E-state index in [0.717, 1.165) is 15.3 Å². The molecule has 0 spiro atoms. The molecule has 4 aromatic rings. The van der Waals surface area contributed by atoms with Crippen LogP contribution in [0.2, 0.25) is 0 Å². The number of fused-ring (bicyclic) bond motifs is 1. The minimum absolute atomic E-state index is 0.109. The number of hydrogen-bond acceptors (Lipinski definition) is 8. The Morgan fingerprint density at radius 2 is 1.91 bits per heavy atom. The van der Waals surface area contributed by atoms with E-state index in [2.05, 4.69) is 20.8 Å². The van der Waals surface area contributed by atoms with Gasteiger partial charge in [-0.05, 0) is 56.7 Å². The summed E-state index contributed by atoms with van der Waals surface area (Å²) in [7, 11) is 1.52. The zero-order valence-electron chi connectivity index (χ0n) is 19.9. The second-order valence-corrected chi connectivity index (χ2v) is 9.11. The number of thiophene rings is 1. The molecule has 10 heteroatoms. The fourth-order valence-electron chi connectivity index (χ4n) is 3.58. The number of benzene rings is 1. The van der Waals surface area contributed by atoms with Crippen LogP contribution in [0.5, 0.6) is 11.5 Å². The van der Waals surface area contributed by atoms with Gasteiger partial charge in [-0.15, -0.1) is 11.3 Å². The van der Waals surface area contributed by atoms with Crippen LogP contribution >= 0.6 is 11.3 Å². The van der Waals surface area contributed by atoms with Gasteiger partial charge >= 0.3 is 0 Å². The van der Waals surface area contributed by atoms with Crippen molar-refractivity contribution < 1.29 is 23.6 Å². The number of methoxy groups -OCH3 is 1. The number of nitrogens with zero attached hydrogens (tertiary/aromatic N) is 2. The van der Waals surface area contributed by atoms with E-state index in [0.29, 0.717) is 46.1 Å². The van der Waals surface area contributed by atoms with Crippen molar-refractivity contribution >= 4 is 34.3 Å². The number of rotatable bonds is 9. The van der Waals surface area contributed by atoms with Crippen LogP contribution < -0.4 is 20.1 Å². The third-order valence-electron chi connectivity index (χ3n) is 5.27. The molecule has 0 saturated heterocycles. The lowest BCUT2D eigenvalue weighted by atomic mass is 10.1. The Morgan fingerprint density at radius 1 is 1.09 bits per heavy atom. The summed E-state index contributed by atoms with van der Waals surface area (Å²) < 4.78 is 16.3. The molecule has 3 heterocycles. The van der Waals surface area contributed by atoms with Crippen LogP contribution in [0.3, 0.4) is 0 Å². The normalized spacial score (nSPS) is 10.9. The summed E-state index contributed by atoms with van der Waals surface area (Å²) in [6, 6.07) is 11.0. The molecule has 0 aliphatic rings. The van der Waals surface area contributed by atoms with Crippen LogP contribution in [0.4, 0.5) is 0 Å². The Labute approximate surface area is 206 Å².